The van der Waals surface area contributed by atoms with Crippen molar-refractivity contribution in [3.05, 3.63) is 77.3 Å². The Morgan fingerprint density at radius 3 is 2.38 bits per heavy atom. The summed E-state index contributed by atoms with van der Waals surface area (Å²) in [6.45, 7) is 0. The standard InChI is InChI=1S/C24H19NO7/c1-28-20-10-15(11-21(29-2)23(20)30-3)24(27)31-16-6-7-17-18(12-16)32-19(22(17)26)9-14-5-4-8-25-13-14/h4-13H,1-3H3/b19-9-. The number of Topliss-reactive ketones (excluding diaryl/α,β-unsaturated/α-hetero) is 1. The number of carbonyl (C=O) groups is 2. The monoisotopic (exact) mass is 433 g/mol. The van der Waals surface area contributed by atoms with Crippen molar-refractivity contribution in [3.63, 3.8) is 0 Å². The van der Waals surface area contributed by atoms with Crippen LogP contribution < -0.4 is 23.7 Å². The van der Waals surface area contributed by atoms with Gasteiger partial charge in [-0.05, 0) is 42.0 Å². The van der Waals surface area contributed by atoms with Crippen LogP contribution >= 0.6 is 0 Å². The van der Waals surface area contributed by atoms with Gasteiger partial charge in [0, 0.05) is 18.5 Å². The van der Waals surface area contributed by atoms with Crippen molar-refractivity contribution in [2.45, 2.75) is 0 Å². The molecule has 1 aromatic heterocycles. The molecule has 0 bridgehead atoms. The van der Waals surface area contributed by atoms with Gasteiger partial charge in [0.15, 0.2) is 17.3 Å². The fourth-order valence-electron chi connectivity index (χ4n) is 3.21. The van der Waals surface area contributed by atoms with Gasteiger partial charge in [0.1, 0.15) is 11.5 Å². The van der Waals surface area contributed by atoms with E-state index in [-0.39, 0.29) is 22.9 Å². The van der Waals surface area contributed by atoms with E-state index >= 15 is 0 Å². The molecular weight excluding hydrogens is 414 g/mol. The van der Waals surface area contributed by atoms with Crippen molar-refractivity contribution < 1.29 is 33.3 Å². The van der Waals surface area contributed by atoms with E-state index in [4.69, 9.17) is 23.7 Å². The summed E-state index contributed by atoms with van der Waals surface area (Å²) in [4.78, 5) is 29.3. The molecule has 0 radical (unpaired) electrons. The SMILES string of the molecule is COc1cc(C(=O)Oc2ccc3c(c2)O/C(=C\c2cccnc2)C3=O)cc(OC)c1OC. The zero-order valence-electron chi connectivity index (χ0n) is 17.6. The number of carbonyl (C=O) groups excluding carboxylic acids is 2. The molecule has 1 aliphatic heterocycles. The molecule has 0 unspecified atom stereocenters. The van der Waals surface area contributed by atoms with Gasteiger partial charge in [-0.3, -0.25) is 9.78 Å². The summed E-state index contributed by atoms with van der Waals surface area (Å²) in [6, 6.07) is 11.1. The number of hydrogen-bond acceptors (Lipinski definition) is 8. The van der Waals surface area contributed by atoms with E-state index in [2.05, 4.69) is 4.98 Å². The quantitative estimate of drug-likeness (QED) is 0.328. The maximum atomic E-state index is 12.7. The number of fused-ring (bicyclic) bond motifs is 1. The highest BCUT2D eigenvalue weighted by atomic mass is 16.5. The molecule has 8 nitrogen and oxygen atoms in total. The van der Waals surface area contributed by atoms with E-state index in [9.17, 15) is 9.59 Å². The van der Waals surface area contributed by atoms with Crippen LogP contribution in [0.4, 0.5) is 0 Å². The average Bonchev–Trinajstić information content (AvgIpc) is 3.12. The number of allylic oxidation sites excluding steroid dienone is 1. The molecule has 0 aliphatic carbocycles. The number of benzene rings is 2. The smallest absolute Gasteiger partial charge is 0.343 e. The van der Waals surface area contributed by atoms with Crippen molar-refractivity contribution >= 4 is 17.8 Å². The van der Waals surface area contributed by atoms with E-state index < -0.39 is 5.97 Å². The molecule has 0 atom stereocenters. The fraction of sp³-hybridized carbons (Fsp3) is 0.125. The summed E-state index contributed by atoms with van der Waals surface area (Å²) in [5, 5.41) is 0. The lowest BCUT2D eigenvalue weighted by molar-refractivity contribution is 0.0733. The van der Waals surface area contributed by atoms with Crippen LogP contribution in [0.25, 0.3) is 6.08 Å². The third-order valence-corrected chi connectivity index (χ3v) is 4.73. The summed E-state index contributed by atoms with van der Waals surface area (Å²) < 4.78 is 27.0. The number of aromatic nitrogens is 1. The number of ketones is 1. The Hall–Kier alpha value is -4.33. The van der Waals surface area contributed by atoms with Crippen LogP contribution in [0.5, 0.6) is 28.7 Å². The number of methoxy groups -OCH3 is 3. The van der Waals surface area contributed by atoms with E-state index in [1.165, 1.54) is 45.6 Å². The Labute approximate surface area is 184 Å². The normalized spacial score (nSPS) is 13.3. The lowest BCUT2D eigenvalue weighted by Crippen LogP contribution is -2.09. The van der Waals surface area contributed by atoms with Crippen molar-refractivity contribution in [1.29, 1.82) is 0 Å². The molecule has 4 rings (SSSR count). The lowest BCUT2D eigenvalue weighted by atomic mass is 10.1. The van der Waals surface area contributed by atoms with Crippen molar-refractivity contribution in [2.24, 2.45) is 0 Å². The molecule has 0 amide bonds. The fourth-order valence-corrected chi connectivity index (χ4v) is 3.21. The first-order valence-corrected chi connectivity index (χ1v) is 9.54. The van der Waals surface area contributed by atoms with Crippen LogP contribution in [0.2, 0.25) is 0 Å². The van der Waals surface area contributed by atoms with Crippen molar-refractivity contribution in [3.8, 4) is 28.7 Å². The van der Waals surface area contributed by atoms with Gasteiger partial charge >= 0.3 is 5.97 Å². The van der Waals surface area contributed by atoms with E-state index in [1.807, 2.05) is 6.07 Å². The van der Waals surface area contributed by atoms with Crippen LogP contribution in [0, 0.1) is 0 Å². The van der Waals surface area contributed by atoms with Crippen molar-refractivity contribution in [1.82, 2.24) is 4.98 Å². The highest BCUT2D eigenvalue weighted by Crippen LogP contribution is 2.39. The molecule has 8 heteroatoms. The number of nitrogens with zero attached hydrogens (tertiary/aromatic N) is 1. The molecule has 2 aromatic carbocycles. The average molecular weight is 433 g/mol. The van der Waals surface area contributed by atoms with Gasteiger partial charge in [-0.25, -0.2) is 4.79 Å². The van der Waals surface area contributed by atoms with Gasteiger partial charge in [0.25, 0.3) is 0 Å². The second-order valence-corrected chi connectivity index (χ2v) is 6.69. The lowest BCUT2D eigenvalue weighted by Gasteiger charge is -2.13. The summed E-state index contributed by atoms with van der Waals surface area (Å²) in [6.07, 6.45) is 4.87. The van der Waals surface area contributed by atoms with Crippen LogP contribution in [0.1, 0.15) is 26.3 Å². The van der Waals surface area contributed by atoms with E-state index in [0.717, 1.165) is 5.56 Å². The zero-order valence-corrected chi connectivity index (χ0v) is 17.6. The molecule has 32 heavy (non-hydrogen) atoms. The largest absolute Gasteiger partial charge is 0.493 e. The number of pyridine rings is 1. The number of rotatable bonds is 6. The Kier molecular flexibility index (Phi) is 5.76. The van der Waals surface area contributed by atoms with Crippen LogP contribution in [0.15, 0.2) is 60.6 Å². The van der Waals surface area contributed by atoms with Crippen LogP contribution in [-0.2, 0) is 0 Å². The maximum Gasteiger partial charge on any atom is 0.343 e. The molecule has 0 saturated carbocycles. The molecule has 3 aromatic rings. The van der Waals surface area contributed by atoms with Gasteiger partial charge in [-0.2, -0.15) is 0 Å². The van der Waals surface area contributed by atoms with Crippen LogP contribution in [0.3, 0.4) is 0 Å². The number of esters is 1. The molecule has 0 spiro atoms. The predicted molar refractivity (Wildman–Crippen MR) is 115 cm³/mol. The third-order valence-electron chi connectivity index (χ3n) is 4.73. The first-order valence-electron chi connectivity index (χ1n) is 9.54. The summed E-state index contributed by atoms with van der Waals surface area (Å²) in [7, 11) is 4.39. The van der Waals surface area contributed by atoms with Gasteiger partial charge in [0.2, 0.25) is 11.5 Å². The Bertz CT molecular complexity index is 1190. The summed E-state index contributed by atoms with van der Waals surface area (Å²) >= 11 is 0. The Morgan fingerprint density at radius 2 is 1.75 bits per heavy atom. The molecule has 2 heterocycles. The predicted octanol–water partition coefficient (Wildman–Crippen LogP) is 3.94. The highest BCUT2D eigenvalue weighted by molar-refractivity contribution is 6.14. The van der Waals surface area contributed by atoms with Crippen LogP contribution in [-0.4, -0.2) is 38.1 Å². The number of hydrogen-bond donors (Lipinski definition) is 0. The summed E-state index contributed by atoms with van der Waals surface area (Å²) in [5.41, 5.74) is 1.32. The minimum absolute atomic E-state index is 0.168. The molecule has 162 valence electrons. The Morgan fingerprint density at radius 1 is 1.00 bits per heavy atom. The highest BCUT2D eigenvalue weighted by Gasteiger charge is 2.28. The van der Waals surface area contributed by atoms with Gasteiger partial charge < -0.3 is 23.7 Å². The topological polar surface area (TPSA) is 93.2 Å². The molecule has 0 fully saturated rings. The van der Waals surface area contributed by atoms with Crippen molar-refractivity contribution in [2.75, 3.05) is 21.3 Å². The van der Waals surface area contributed by atoms with Gasteiger partial charge in [0.05, 0.1) is 32.5 Å². The molecule has 1 aliphatic rings. The van der Waals surface area contributed by atoms with E-state index in [0.29, 0.717) is 28.6 Å². The first-order chi connectivity index (χ1) is 15.5. The summed E-state index contributed by atoms with van der Waals surface area (Å²) in [5.74, 6) is 0.813. The van der Waals surface area contributed by atoms with E-state index in [1.54, 1.807) is 30.6 Å². The van der Waals surface area contributed by atoms with Gasteiger partial charge in [-0.15, -0.1) is 0 Å². The third kappa shape index (κ3) is 3.98. The Balaban J connectivity index is 1.57. The second kappa shape index (κ2) is 8.81. The zero-order chi connectivity index (χ0) is 22.7. The first kappa shape index (κ1) is 20.9. The van der Waals surface area contributed by atoms with Gasteiger partial charge in [-0.1, -0.05) is 6.07 Å². The minimum Gasteiger partial charge on any atom is -0.493 e. The molecular formula is C24H19NO7. The number of ether oxygens (including phenoxy) is 5. The maximum absolute atomic E-state index is 12.7. The second-order valence-electron chi connectivity index (χ2n) is 6.69. The molecule has 0 saturated heterocycles. The minimum atomic E-state index is -0.639. The molecule has 0 N–H and O–H groups in total.